The third-order valence-corrected chi connectivity index (χ3v) is 4.60. The van der Waals surface area contributed by atoms with Gasteiger partial charge >= 0.3 is 0 Å². The van der Waals surface area contributed by atoms with Gasteiger partial charge in [-0.25, -0.2) is 5.43 Å². The van der Waals surface area contributed by atoms with Crippen LogP contribution in [-0.4, -0.2) is 23.0 Å². The van der Waals surface area contributed by atoms with Crippen molar-refractivity contribution in [3.63, 3.8) is 0 Å². The molecule has 2 N–H and O–H groups in total. The van der Waals surface area contributed by atoms with Crippen LogP contribution in [0.5, 0.6) is 11.5 Å². The summed E-state index contributed by atoms with van der Waals surface area (Å²) in [5.74, 6) is 1.03. The normalized spacial score (nSPS) is 12.0. The Hall–Kier alpha value is -3.93. The highest BCUT2D eigenvalue weighted by molar-refractivity contribution is 6.38. The van der Waals surface area contributed by atoms with Crippen molar-refractivity contribution in [1.29, 1.82) is 0 Å². The molecular formula is C25H25N3O3. The quantitative estimate of drug-likeness (QED) is 0.322. The molecule has 0 saturated heterocycles. The number of hydrogen-bond donors (Lipinski definition) is 2. The van der Waals surface area contributed by atoms with Crippen LogP contribution in [0.4, 0.5) is 0 Å². The number of ether oxygens (including phenoxy) is 1. The lowest BCUT2D eigenvalue weighted by atomic mass is 9.87. The Morgan fingerprint density at radius 3 is 2.03 bits per heavy atom. The number of oxime groups is 1. The number of benzene rings is 3. The van der Waals surface area contributed by atoms with E-state index in [4.69, 9.17) is 9.94 Å². The van der Waals surface area contributed by atoms with Gasteiger partial charge in [0.2, 0.25) is 0 Å². The van der Waals surface area contributed by atoms with Crippen LogP contribution in [0.15, 0.2) is 89.1 Å². The third-order valence-electron chi connectivity index (χ3n) is 4.60. The second-order valence-corrected chi connectivity index (χ2v) is 7.95. The molecule has 0 aliphatic rings. The van der Waals surface area contributed by atoms with Crippen LogP contribution in [0.1, 0.15) is 42.3 Å². The highest BCUT2D eigenvalue weighted by atomic mass is 16.5. The molecule has 0 aliphatic carbocycles. The fourth-order valence-corrected chi connectivity index (χ4v) is 2.84. The van der Waals surface area contributed by atoms with E-state index in [2.05, 4.69) is 36.5 Å². The maximum Gasteiger partial charge on any atom is 0.271 e. The van der Waals surface area contributed by atoms with E-state index in [-0.39, 0.29) is 11.3 Å². The summed E-state index contributed by atoms with van der Waals surface area (Å²) in [5, 5.41) is 16.2. The maximum absolute atomic E-state index is 12.5. The van der Waals surface area contributed by atoms with E-state index < -0.39 is 0 Å². The number of hydrazone groups is 1. The molecule has 0 aromatic heterocycles. The van der Waals surface area contributed by atoms with Crippen LogP contribution in [0.25, 0.3) is 0 Å². The first-order valence-corrected chi connectivity index (χ1v) is 9.86. The number of rotatable bonds is 6. The molecule has 3 aromatic rings. The van der Waals surface area contributed by atoms with Crippen molar-refractivity contribution >= 4 is 17.8 Å². The Bertz CT molecular complexity index is 1070. The van der Waals surface area contributed by atoms with Crippen LogP contribution < -0.4 is 10.2 Å². The third kappa shape index (κ3) is 6.02. The minimum atomic E-state index is -0.353. The first-order chi connectivity index (χ1) is 14.9. The molecular weight excluding hydrogens is 390 g/mol. The van der Waals surface area contributed by atoms with Crippen LogP contribution in [0, 0.1) is 0 Å². The van der Waals surface area contributed by atoms with Crippen LogP contribution in [0.3, 0.4) is 0 Å². The summed E-state index contributed by atoms with van der Waals surface area (Å²) in [7, 11) is 0. The molecule has 6 nitrogen and oxygen atoms in total. The minimum Gasteiger partial charge on any atom is -0.457 e. The van der Waals surface area contributed by atoms with Crippen molar-refractivity contribution in [3.8, 4) is 11.5 Å². The number of nitrogens with zero attached hydrogens (tertiary/aromatic N) is 2. The smallest absolute Gasteiger partial charge is 0.271 e. The van der Waals surface area contributed by atoms with Gasteiger partial charge in [-0.05, 0) is 59.5 Å². The molecule has 0 bridgehead atoms. The predicted octanol–water partition coefficient (Wildman–Crippen LogP) is 5.37. The van der Waals surface area contributed by atoms with Gasteiger partial charge in [-0.2, -0.15) is 5.10 Å². The van der Waals surface area contributed by atoms with Crippen molar-refractivity contribution in [2.75, 3.05) is 0 Å². The summed E-state index contributed by atoms with van der Waals surface area (Å²) in [6.45, 7) is 6.34. The zero-order chi connectivity index (χ0) is 22.3. The molecule has 1 amide bonds. The van der Waals surface area contributed by atoms with Gasteiger partial charge in [0.05, 0.1) is 6.21 Å². The Kier molecular flexibility index (Phi) is 6.82. The highest BCUT2D eigenvalue weighted by Gasteiger charge is 2.14. The predicted molar refractivity (Wildman–Crippen MR) is 122 cm³/mol. The largest absolute Gasteiger partial charge is 0.457 e. The summed E-state index contributed by atoms with van der Waals surface area (Å²) in [6.07, 6.45) is 1.16. The lowest BCUT2D eigenvalue weighted by Crippen LogP contribution is -2.21. The SMILES string of the molecule is CC(C)(C)c1ccc(C(=O)NN=C(C=NO)c2ccc(Oc3ccccc3)cc2)cc1. The molecule has 6 heteroatoms. The van der Waals surface area contributed by atoms with E-state index in [1.807, 2.05) is 42.5 Å². The van der Waals surface area contributed by atoms with Gasteiger partial charge in [-0.1, -0.05) is 56.3 Å². The number of carbonyl (C=O) groups is 1. The number of amides is 1. The highest BCUT2D eigenvalue weighted by Crippen LogP contribution is 2.23. The fourth-order valence-electron chi connectivity index (χ4n) is 2.84. The molecule has 3 aromatic carbocycles. The zero-order valence-corrected chi connectivity index (χ0v) is 17.7. The van der Waals surface area contributed by atoms with E-state index >= 15 is 0 Å². The van der Waals surface area contributed by atoms with E-state index in [0.717, 1.165) is 17.5 Å². The lowest BCUT2D eigenvalue weighted by molar-refractivity contribution is 0.0955. The molecule has 0 heterocycles. The standard InChI is InChI=1S/C25H25N3O3/c1-25(2,3)20-13-9-19(10-14-20)24(29)28-27-23(17-26-30)18-11-15-22(16-12-18)31-21-7-5-4-6-8-21/h4-17,30H,1-3H3,(H,28,29). The molecule has 0 radical (unpaired) electrons. The molecule has 0 fully saturated rings. The summed E-state index contributed by atoms with van der Waals surface area (Å²) >= 11 is 0. The van der Waals surface area contributed by atoms with E-state index in [1.165, 1.54) is 0 Å². The molecule has 3 rings (SSSR count). The van der Waals surface area contributed by atoms with Crippen LogP contribution >= 0.6 is 0 Å². The average molecular weight is 415 g/mol. The van der Waals surface area contributed by atoms with Gasteiger partial charge < -0.3 is 9.94 Å². The van der Waals surface area contributed by atoms with E-state index in [9.17, 15) is 4.79 Å². The monoisotopic (exact) mass is 415 g/mol. The van der Waals surface area contributed by atoms with Gasteiger partial charge in [0.25, 0.3) is 5.91 Å². The minimum absolute atomic E-state index is 0.00824. The first-order valence-electron chi connectivity index (χ1n) is 9.86. The Balaban J connectivity index is 1.71. The number of nitrogens with one attached hydrogen (secondary N) is 1. The molecule has 158 valence electrons. The summed E-state index contributed by atoms with van der Waals surface area (Å²) in [6, 6.07) is 23.9. The van der Waals surface area contributed by atoms with Gasteiger partial charge in [0.15, 0.2) is 0 Å². The van der Waals surface area contributed by atoms with Gasteiger partial charge in [-0.15, -0.1) is 0 Å². The van der Waals surface area contributed by atoms with Crippen LogP contribution in [-0.2, 0) is 5.41 Å². The average Bonchev–Trinajstić information content (AvgIpc) is 2.77. The van der Waals surface area contributed by atoms with Crippen molar-refractivity contribution in [2.45, 2.75) is 26.2 Å². The Morgan fingerprint density at radius 1 is 0.871 bits per heavy atom. The van der Waals surface area contributed by atoms with Crippen molar-refractivity contribution in [1.82, 2.24) is 5.43 Å². The summed E-state index contributed by atoms with van der Waals surface area (Å²) < 4.78 is 5.77. The van der Waals surface area contributed by atoms with Gasteiger partial charge in [0.1, 0.15) is 17.2 Å². The van der Waals surface area contributed by atoms with E-state index in [1.54, 1.807) is 36.4 Å². The molecule has 0 saturated carbocycles. The molecule has 0 unspecified atom stereocenters. The zero-order valence-electron chi connectivity index (χ0n) is 17.7. The second-order valence-electron chi connectivity index (χ2n) is 7.95. The fraction of sp³-hybridized carbons (Fsp3) is 0.160. The molecule has 0 atom stereocenters. The van der Waals surface area contributed by atoms with Gasteiger partial charge in [-0.3, -0.25) is 4.79 Å². The Morgan fingerprint density at radius 2 is 1.45 bits per heavy atom. The molecule has 0 spiro atoms. The number of hydrogen-bond acceptors (Lipinski definition) is 5. The van der Waals surface area contributed by atoms with Crippen LogP contribution in [0.2, 0.25) is 0 Å². The number of para-hydroxylation sites is 1. The maximum atomic E-state index is 12.5. The van der Waals surface area contributed by atoms with Gasteiger partial charge in [0, 0.05) is 11.1 Å². The van der Waals surface area contributed by atoms with Crippen molar-refractivity contribution in [2.24, 2.45) is 10.3 Å². The first kappa shape index (κ1) is 21.8. The topological polar surface area (TPSA) is 83.3 Å². The lowest BCUT2D eigenvalue weighted by Gasteiger charge is -2.18. The van der Waals surface area contributed by atoms with Crippen molar-refractivity contribution in [3.05, 3.63) is 95.6 Å². The molecule has 0 aliphatic heterocycles. The summed E-state index contributed by atoms with van der Waals surface area (Å²) in [5.41, 5.74) is 5.10. The number of carbonyl (C=O) groups excluding carboxylic acids is 1. The Labute approximate surface area is 181 Å². The van der Waals surface area contributed by atoms with E-state index in [0.29, 0.717) is 22.6 Å². The van der Waals surface area contributed by atoms with Crippen molar-refractivity contribution < 1.29 is 14.7 Å². The summed E-state index contributed by atoms with van der Waals surface area (Å²) in [4.78, 5) is 12.5. The second kappa shape index (κ2) is 9.71. The molecule has 31 heavy (non-hydrogen) atoms.